The lowest BCUT2D eigenvalue weighted by Gasteiger charge is -2.18. The summed E-state index contributed by atoms with van der Waals surface area (Å²) in [6.07, 6.45) is 1.33. The third-order valence-electron chi connectivity index (χ3n) is 3.59. The van der Waals surface area contributed by atoms with Crippen LogP contribution in [0.2, 0.25) is 0 Å². The van der Waals surface area contributed by atoms with E-state index in [4.69, 9.17) is 0 Å². The van der Waals surface area contributed by atoms with Crippen molar-refractivity contribution >= 4 is 0 Å². The van der Waals surface area contributed by atoms with Gasteiger partial charge < -0.3 is 5.32 Å². The van der Waals surface area contributed by atoms with Crippen molar-refractivity contribution in [1.29, 1.82) is 0 Å². The van der Waals surface area contributed by atoms with Gasteiger partial charge in [0, 0.05) is 11.6 Å². The average molecular weight is 293 g/mol. The smallest absolute Gasteiger partial charge is 0.194 e. The van der Waals surface area contributed by atoms with Crippen molar-refractivity contribution in [3.8, 4) is 0 Å². The second-order valence-corrected chi connectivity index (χ2v) is 5.13. The Bertz CT molecular complexity index is 625. The van der Waals surface area contributed by atoms with Crippen molar-refractivity contribution in [1.82, 2.24) is 5.32 Å². The van der Waals surface area contributed by atoms with Crippen LogP contribution in [-0.2, 0) is 6.42 Å². The van der Waals surface area contributed by atoms with E-state index in [1.165, 1.54) is 6.07 Å². The van der Waals surface area contributed by atoms with Crippen LogP contribution in [0.15, 0.2) is 36.4 Å². The molecular weight excluding hydrogens is 275 g/mol. The molecule has 1 nitrogen and oxygen atoms in total. The van der Waals surface area contributed by atoms with Crippen LogP contribution in [-0.4, -0.2) is 7.05 Å². The molecule has 0 amide bonds. The molecule has 2 aromatic carbocycles. The molecule has 2 rings (SSSR count). The SMILES string of the molecule is CNC(CCc1cccc(C)c1)c1ccc(F)c(F)c1F. The zero-order valence-electron chi connectivity index (χ0n) is 12.1. The fourth-order valence-corrected chi connectivity index (χ4v) is 2.44. The highest BCUT2D eigenvalue weighted by Gasteiger charge is 2.19. The number of benzene rings is 2. The van der Waals surface area contributed by atoms with Crippen molar-refractivity contribution in [2.45, 2.75) is 25.8 Å². The van der Waals surface area contributed by atoms with Crippen LogP contribution in [0.5, 0.6) is 0 Å². The Hall–Kier alpha value is -1.81. The maximum Gasteiger partial charge on any atom is 0.194 e. The largest absolute Gasteiger partial charge is 0.313 e. The van der Waals surface area contributed by atoms with Gasteiger partial charge in [-0.2, -0.15) is 0 Å². The van der Waals surface area contributed by atoms with Crippen molar-refractivity contribution in [2.24, 2.45) is 0 Å². The van der Waals surface area contributed by atoms with E-state index in [0.717, 1.165) is 23.6 Å². The lowest BCUT2D eigenvalue weighted by molar-refractivity contribution is 0.424. The summed E-state index contributed by atoms with van der Waals surface area (Å²) >= 11 is 0. The van der Waals surface area contributed by atoms with Gasteiger partial charge >= 0.3 is 0 Å². The molecule has 1 atom stereocenters. The first-order valence-electron chi connectivity index (χ1n) is 6.89. The van der Waals surface area contributed by atoms with Gasteiger partial charge in [-0.05, 0) is 38.4 Å². The highest BCUT2D eigenvalue weighted by Crippen LogP contribution is 2.25. The maximum atomic E-state index is 13.8. The Morgan fingerprint density at radius 1 is 1.05 bits per heavy atom. The zero-order chi connectivity index (χ0) is 15.4. The van der Waals surface area contributed by atoms with Gasteiger partial charge in [0.2, 0.25) is 0 Å². The van der Waals surface area contributed by atoms with Crippen LogP contribution >= 0.6 is 0 Å². The van der Waals surface area contributed by atoms with E-state index in [2.05, 4.69) is 11.4 Å². The Balaban J connectivity index is 2.15. The summed E-state index contributed by atoms with van der Waals surface area (Å²) in [6, 6.07) is 9.94. The van der Waals surface area contributed by atoms with Crippen molar-refractivity contribution in [2.75, 3.05) is 7.05 Å². The normalized spacial score (nSPS) is 12.4. The molecule has 0 radical (unpaired) electrons. The summed E-state index contributed by atoms with van der Waals surface area (Å²) in [4.78, 5) is 0. The Labute approximate surface area is 122 Å². The lowest BCUT2D eigenvalue weighted by Crippen LogP contribution is -2.19. The number of hydrogen-bond donors (Lipinski definition) is 1. The monoisotopic (exact) mass is 293 g/mol. The van der Waals surface area contributed by atoms with Gasteiger partial charge in [-0.3, -0.25) is 0 Å². The summed E-state index contributed by atoms with van der Waals surface area (Å²) < 4.78 is 40.1. The second-order valence-electron chi connectivity index (χ2n) is 5.13. The van der Waals surface area contributed by atoms with Gasteiger partial charge in [-0.25, -0.2) is 13.2 Å². The quantitative estimate of drug-likeness (QED) is 0.810. The minimum absolute atomic E-state index is 0.157. The molecule has 0 aliphatic carbocycles. The van der Waals surface area contributed by atoms with E-state index in [0.29, 0.717) is 6.42 Å². The first-order valence-corrected chi connectivity index (χ1v) is 6.89. The van der Waals surface area contributed by atoms with Gasteiger partial charge in [-0.1, -0.05) is 35.9 Å². The first kappa shape index (κ1) is 15.6. The van der Waals surface area contributed by atoms with Crippen molar-refractivity contribution in [3.63, 3.8) is 0 Å². The van der Waals surface area contributed by atoms with E-state index in [1.54, 1.807) is 7.05 Å². The molecule has 21 heavy (non-hydrogen) atoms. The summed E-state index contributed by atoms with van der Waals surface area (Å²) in [5, 5.41) is 2.96. The average Bonchev–Trinajstić information content (AvgIpc) is 2.47. The summed E-state index contributed by atoms with van der Waals surface area (Å²) in [5.41, 5.74) is 2.45. The fourth-order valence-electron chi connectivity index (χ4n) is 2.44. The molecule has 0 fully saturated rings. The second kappa shape index (κ2) is 6.76. The Morgan fingerprint density at radius 3 is 2.48 bits per heavy atom. The molecule has 0 spiro atoms. The van der Waals surface area contributed by atoms with Gasteiger partial charge in [0.1, 0.15) is 0 Å². The third-order valence-corrected chi connectivity index (χ3v) is 3.59. The van der Waals surface area contributed by atoms with Crippen LogP contribution < -0.4 is 5.32 Å². The van der Waals surface area contributed by atoms with Crippen LogP contribution in [0.25, 0.3) is 0 Å². The summed E-state index contributed by atoms with van der Waals surface area (Å²) in [6.45, 7) is 2.01. The molecule has 0 bridgehead atoms. The topological polar surface area (TPSA) is 12.0 Å². The lowest BCUT2D eigenvalue weighted by atomic mass is 9.97. The fraction of sp³-hybridized carbons (Fsp3) is 0.294. The Kier molecular flexibility index (Phi) is 5.02. The van der Waals surface area contributed by atoms with Gasteiger partial charge in [0.05, 0.1) is 0 Å². The molecule has 0 aromatic heterocycles. The van der Waals surface area contributed by atoms with E-state index in [1.807, 2.05) is 25.1 Å². The summed E-state index contributed by atoms with van der Waals surface area (Å²) in [7, 11) is 1.68. The van der Waals surface area contributed by atoms with E-state index in [-0.39, 0.29) is 11.6 Å². The van der Waals surface area contributed by atoms with Crippen molar-refractivity contribution in [3.05, 3.63) is 70.5 Å². The summed E-state index contributed by atoms with van der Waals surface area (Å²) in [5.74, 6) is -3.69. The molecule has 0 aliphatic heterocycles. The highest BCUT2D eigenvalue weighted by molar-refractivity contribution is 5.25. The molecule has 0 saturated heterocycles. The Morgan fingerprint density at radius 2 is 1.81 bits per heavy atom. The molecule has 1 unspecified atom stereocenters. The molecule has 2 aromatic rings. The van der Waals surface area contributed by atoms with Crippen molar-refractivity contribution < 1.29 is 13.2 Å². The van der Waals surface area contributed by atoms with Crippen LogP contribution in [0.3, 0.4) is 0 Å². The number of rotatable bonds is 5. The molecule has 112 valence electrons. The van der Waals surface area contributed by atoms with E-state index >= 15 is 0 Å². The predicted molar refractivity (Wildman–Crippen MR) is 77.6 cm³/mol. The van der Waals surface area contributed by atoms with Gasteiger partial charge in [0.25, 0.3) is 0 Å². The van der Waals surface area contributed by atoms with Crippen LogP contribution in [0.4, 0.5) is 13.2 Å². The van der Waals surface area contributed by atoms with Crippen LogP contribution in [0, 0.1) is 24.4 Å². The standard InChI is InChI=1S/C17H18F3N/c1-11-4-3-5-12(10-11)6-9-15(21-2)13-7-8-14(18)17(20)16(13)19/h3-5,7-8,10,15,21H,6,9H2,1-2H3. The predicted octanol–water partition coefficient (Wildman–Crippen LogP) is 4.31. The van der Waals surface area contributed by atoms with Gasteiger partial charge in [0.15, 0.2) is 17.5 Å². The van der Waals surface area contributed by atoms with Crippen LogP contribution in [0.1, 0.15) is 29.2 Å². The zero-order valence-corrected chi connectivity index (χ0v) is 12.1. The molecule has 0 saturated carbocycles. The maximum absolute atomic E-state index is 13.8. The van der Waals surface area contributed by atoms with Gasteiger partial charge in [-0.15, -0.1) is 0 Å². The highest BCUT2D eigenvalue weighted by atomic mass is 19.2. The molecule has 1 N–H and O–H groups in total. The minimum Gasteiger partial charge on any atom is -0.313 e. The third kappa shape index (κ3) is 3.64. The molecule has 4 heteroatoms. The number of aryl methyl sites for hydroxylation is 2. The van der Waals surface area contributed by atoms with E-state index in [9.17, 15) is 13.2 Å². The molecular formula is C17H18F3N. The number of nitrogens with one attached hydrogen (secondary N) is 1. The molecule has 0 heterocycles. The molecule has 0 aliphatic rings. The minimum atomic E-state index is -1.41. The number of hydrogen-bond acceptors (Lipinski definition) is 1. The first-order chi connectivity index (χ1) is 10.0. The van der Waals surface area contributed by atoms with E-state index < -0.39 is 17.5 Å². The number of halogens is 3.